The first-order chi connectivity index (χ1) is 17.9. The number of ether oxygens (including phenoxy) is 1. The monoisotopic (exact) mass is 540 g/mol. The van der Waals surface area contributed by atoms with Crippen LogP contribution >= 0.6 is 23.4 Å². The van der Waals surface area contributed by atoms with Crippen molar-refractivity contribution < 1.29 is 14.6 Å². The summed E-state index contributed by atoms with van der Waals surface area (Å²) >= 11 is 8.49. The van der Waals surface area contributed by atoms with E-state index in [1.165, 1.54) is 10.5 Å². The van der Waals surface area contributed by atoms with E-state index in [2.05, 4.69) is 41.1 Å². The summed E-state index contributed by atoms with van der Waals surface area (Å²) in [6.07, 6.45) is 7.55. The molecule has 0 aliphatic carbocycles. The zero-order valence-corrected chi connectivity index (χ0v) is 23.4. The average molecular weight is 541 g/mol. The molecule has 0 spiro atoms. The first-order valence-corrected chi connectivity index (χ1v) is 14.5. The Morgan fingerprint density at radius 3 is 2.70 bits per heavy atom. The lowest BCUT2D eigenvalue weighted by Gasteiger charge is -2.41. The van der Waals surface area contributed by atoms with Crippen LogP contribution < -0.4 is 4.74 Å². The highest BCUT2D eigenvalue weighted by Crippen LogP contribution is 2.41. The van der Waals surface area contributed by atoms with Crippen molar-refractivity contribution in [3.05, 3.63) is 64.8 Å². The molecule has 3 aromatic rings. The second kappa shape index (κ2) is 13.0. The standard InChI is InChI=1S/C30H37ClN2O3S/c1-22-7-3-4-9-28(22)37-18-6-15-33-16-13-30(14-17-33,20-29(34)35)12-5-8-24-25-19-23(36-2)10-11-27(25)32-21-26(24)31/h3-4,7,9-11,19,21H,5-6,8,12-18,20H2,1-2H3,(H,34,35). The van der Waals surface area contributed by atoms with Crippen molar-refractivity contribution in [2.45, 2.75) is 56.8 Å². The smallest absolute Gasteiger partial charge is 0.303 e. The maximum absolute atomic E-state index is 11.8. The normalized spacial score (nSPS) is 15.6. The Bertz CT molecular complexity index is 1210. The highest BCUT2D eigenvalue weighted by Gasteiger charge is 2.36. The molecular weight excluding hydrogens is 504 g/mol. The molecule has 0 amide bonds. The average Bonchev–Trinajstić information content (AvgIpc) is 2.89. The van der Waals surface area contributed by atoms with E-state index in [4.69, 9.17) is 16.3 Å². The number of nitrogens with zero attached hydrogens (tertiary/aromatic N) is 2. The van der Waals surface area contributed by atoms with Crippen LogP contribution in [0.4, 0.5) is 0 Å². The van der Waals surface area contributed by atoms with Gasteiger partial charge in [0.15, 0.2) is 0 Å². The van der Waals surface area contributed by atoms with Gasteiger partial charge < -0.3 is 14.7 Å². The van der Waals surface area contributed by atoms with Gasteiger partial charge in [-0.15, -0.1) is 11.8 Å². The summed E-state index contributed by atoms with van der Waals surface area (Å²) in [7, 11) is 1.66. The van der Waals surface area contributed by atoms with E-state index in [0.29, 0.717) is 5.02 Å². The molecule has 1 fully saturated rings. The summed E-state index contributed by atoms with van der Waals surface area (Å²) in [5, 5.41) is 11.4. The number of halogens is 1. The number of carbonyl (C=O) groups is 1. The van der Waals surface area contributed by atoms with Crippen molar-refractivity contribution >= 4 is 40.2 Å². The zero-order valence-electron chi connectivity index (χ0n) is 21.8. The van der Waals surface area contributed by atoms with Crippen molar-refractivity contribution in [3.8, 4) is 5.75 Å². The van der Waals surface area contributed by atoms with Gasteiger partial charge in [0.05, 0.1) is 24.1 Å². The summed E-state index contributed by atoms with van der Waals surface area (Å²) in [5.41, 5.74) is 3.16. The van der Waals surface area contributed by atoms with Crippen LogP contribution in [-0.4, -0.2) is 53.5 Å². The number of aromatic nitrogens is 1. The second-order valence-electron chi connectivity index (χ2n) is 10.2. The first kappa shape index (κ1) is 27.7. The Morgan fingerprint density at radius 2 is 1.97 bits per heavy atom. The van der Waals surface area contributed by atoms with E-state index >= 15 is 0 Å². The molecular formula is C30H37ClN2O3S. The van der Waals surface area contributed by atoms with Crippen molar-refractivity contribution in [1.82, 2.24) is 9.88 Å². The van der Waals surface area contributed by atoms with Gasteiger partial charge >= 0.3 is 5.97 Å². The Balaban J connectivity index is 1.31. The number of fused-ring (bicyclic) bond motifs is 1. The van der Waals surface area contributed by atoms with Crippen LogP contribution in [0.5, 0.6) is 5.75 Å². The molecule has 2 heterocycles. The number of hydrogen-bond acceptors (Lipinski definition) is 5. The minimum Gasteiger partial charge on any atom is -0.497 e. The lowest BCUT2D eigenvalue weighted by Crippen LogP contribution is -2.41. The molecule has 0 bridgehead atoms. The number of carboxylic acids is 1. The van der Waals surface area contributed by atoms with Crippen LogP contribution in [-0.2, 0) is 11.2 Å². The molecule has 0 radical (unpaired) electrons. The predicted molar refractivity (Wildman–Crippen MR) is 153 cm³/mol. The number of aliphatic carboxylic acids is 1. The number of methoxy groups -OCH3 is 1. The number of likely N-dealkylation sites (tertiary alicyclic amines) is 1. The minimum absolute atomic E-state index is 0.148. The molecule has 1 N–H and O–H groups in total. The number of rotatable bonds is 12. The third kappa shape index (κ3) is 7.40. The Labute approximate surface area is 229 Å². The largest absolute Gasteiger partial charge is 0.497 e. The number of pyridine rings is 1. The van der Waals surface area contributed by atoms with Crippen LogP contribution in [0, 0.1) is 12.3 Å². The highest BCUT2D eigenvalue weighted by atomic mass is 35.5. The van der Waals surface area contributed by atoms with E-state index in [9.17, 15) is 9.90 Å². The number of hydrogen-bond donors (Lipinski definition) is 1. The molecule has 0 unspecified atom stereocenters. The zero-order chi connectivity index (χ0) is 26.3. The van der Waals surface area contributed by atoms with Gasteiger partial charge in [-0.3, -0.25) is 9.78 Å². The lowest BCUT2D eigenvalue weighted by molar-refractivity contribution is -0.140. The second-order valence-corrected chi connectivity index (χ2v) is 11.7. The number of piperidine rings is 1. The minimum atomic E-state index is -0.694. The highest BCUT2D eigenvalue weighted by molar-refractivity contribution is 7.99. The van der Waals surface area contributed by atoms with Gasteiger partial charge in [-0.1, -0.05) is 29.8 Å². The Hall–Kier alpha value is -2.28. The van der Waals surface area contributed by atoms with Gasteiger partial charge in [0, 0.05) is 16.5 Å². The molecule has 1 aromatic heterocycles. The molecule has 1 aliphatic heterocycles. The molecule has 5 nitrogen and oxygen atoms in total. The SMILES string of the molecule is COc1ccc2ncc(Cl)c(CCCC3(CC(=O)O)CCN(CCCSc4ccccc4C)CC3)c2c1. The van der Waals surface area contributed by atoms with Crippen molar-refractivity contribution in [2.75, 3.05) is 32.5 Å². The molecule has 0 saturated carbocycles. The van der Waals surface area contributed by atoms with Crippen LogP contribution in [0.15, 0.2) is 53.6 Å². The molecule has 37 heavy (non-hydrogen) atoms. The fourth-order valence-electron chi connectivity index (χ4n) is 5.50. The van der Waals surface area contributed by atoms with E-state index in [-0.39, 0.29) is 11.8 Å². The van der Waals surface area contributed by atoms with Gasteiger partial charge in [-0.05, 0) is 112 Å². The van der Waals surface area contributed by atoms with E-state index < -0.39 is 5.97 Å². The van der Waals surface area contributed by atoms with E-state index in [1.54, 1.807) is 13.3 Å². The topological polar surface area (TPSA) is 62.7 Å². The van der Waals surface area contributed by atoms with Crippen LogP contribution in [0.3, 0.4) is 0 Å². The Kier molecular flexibility index (Phi) is 9.74. The van der Waals surface area contributed by atoms with Crippen molar-refractivity contribution in [3.63, 3.8) is 0 Å². The van der Waals surface area contributed by atoms with Gasteiger partial charge in [0.25, 0.3) is 0 Å². The third-order valence-corrected chi connectivity index (χ3v) is 9.27. The number of aryl methyl sites for hydroxylation is 2. The summed E-state index contributed by atoms with van der Waals surface area (Å²) in [5.74, 6) is 1.19. The van der Waals surface area contributed by atoms with E-state index in [0.717, 1.165) is 86.1 Å². The molecule has 1 aliphatic rings. The molecule has 198 valence electrons. The van der Waals surface area contributed by atoms with Gasteiger partial charge in [0.2, 0.25) is 0 Å². The Morgan fingerprint density at radius 1 is 1.19 bits per heavy atom. The molecule has 1 saturated heterocycles. The van der Waals surface area contributed by atoms with Crippen molar-refractivity contribution in [2.24, 2.45) is 5.41 Å². The molecule has 4 rings (SSSR count). The van der Waals surface area contributed by atoms with Crippen LogP contribution in [0.25, 0.3) is 10.9 Å². The number of benzene rings is 2. The fraction of sp³-hybridized carbons (Fsp3) is 0.467. The number of thioether (sulfide) groups is 1. The van der Waals surface area contributed by atoms with Gasteiger partial charge in [0.1, 0.15) is 5.75 Å². The third-order valence-electron chi connectivity index (χ3n) is 7.68. The maximum atomic E-state index is 11.8. The van der Waals surface area contributed by atoms with E-state index in [1.807, 2.05) is 30.0 Å². The fourth-order valence-corrected chi connectivity index (χ4v) is 6.71. The predicted octanol–water partition coefficient (Wildman–Crippen LogP) is 7.27. The van der Waals surface area contributed by atoms with Gasteiger partial charge in [-0.25, -0.2) is 0 Å². The molecule has 2 aromatic carbocycles. The first-order valence-electron chi connectivity index (χ1n) is 13.1. The quantitative estimate of drug-likeness (QED) is 0.192. The lowest BCUT2D eigenvalue weighted by atomic mass is 9.72. The van der Waals surface area contributed by atoms with Crippen LogP contribution in [0.2, 0.25) is 5.02 Å². The summed E-state index contributed by atoms with van der Waals surface area (Å²) in [6.45, 7) is 5.18. The molecule has 0 atom stereocenters. The number of carboxylic acid groups (broad SMARTS) is 1. The summed E-state index contributed by atoms with van der Waals surface area (Å²) in [6, 6.07) is 14.4. The maximum Gasteiger partial charge on any atom is 0.303 e. The molecule has 7 heteroatoms. The van der Waals surface area contributed by atoms with Crippen molar-refractivity contribution in [1.29, 1.82) is 0 Å². The van der Waals surface area contributed by atoms with Crippen LogP contribution in [0.1, 0.15) is 49.7 Å². The van der Waals surface area contributed by atoms with Gasteiger partial charge in [-0.2, -0.15) is 0 Å². The summed E-state index contributed by atoms with van der Waals surface area (Å²) < 4.78 is 5.41. The summed E-state index contributed by atoms with van der Waals surface area (Å²) in [4.78, 5) is 20.1.